The molecule has 0 radical (unpaired) electrons. The molecule has 7 heteroatoms. The van der Waals surface area contributed by atoms with Gasteiger partial charge in [0.05, 0.1) is 12.2 Å². The molecule has 182 valence electrons. The second kappa shape index (κ2) is 10.3. The fraction of sp³-hybridized carbons (Fsp3) is 0.172. The molecule has 0 saturated heterocycles. The first kappa shape index (κ1) is 24.3. The van der Waals surface area contributed by atoms with Crippen LogP contribution in [0, 0.1) is 0 Å². The lowest BCUT2D eigenvalue weighted by Gasteiger charge is -2.23. The largest absolute Gasteiger partial charge is 0.360 e. The highest BCUT2D eigenvalue weighted by Crippen LogP contribution is 2.29. The molecular weight excluding hydrogens is 491 g/mol. The van der Waals surface area contributed by atoms with E-state index < -0.39 is 6.04 Å². The molecule has 2 heterocycles. The molecule has 0 aliphatic rings. The smallest absolute Gasteiger partial charge is 0.186 e. The molecule has 0 aliphatic carbocycles. The number of nitrogens with zero attached hydrogens (tertiary/aromatic N) is 2. The number of nitrogens with one attached hydrogen (secondary N) is 2. The lowest BCUT2D eigenvalue weighted by Crippen LogP contribution is -2.36. The molecule has 2 N–H and O–H groups in total. The van der Waals surface area contributed by atoms with Gasteiger partial charge in [0, 0.05) is 57.6 Å². The first-order valence-electron chi connectivity index (χ1n) is 11.8. The summed E-state index contributed by atoms with van der Waals surface area (Å²) in [5, 5.41) is 9.93. The van der Waals surface area contributed by atoms with Gasteiger partial charge in [0.25, 0.3) is 0 Å². The molecular formula is C29H26Cl2N4O. The van der Waals surface area contributed by atoms with Crippen molar-refractivity contribution in [3.8, 4) is 11.1 Å². The van der Waals surface area contributed by atoms with Gasteiger partial charge >= 0.3 is 0 Å². The number of benzene rings is 3. The van der Waals surface area contributed by atoms with Crippen LogP contribution in [0.1, 0.15) is 34.5 Å². The van der Waals surface area contributed by atoms with Crippen LogP contribution in [0.4, 0.5) is 0 Å². The molecule has 0 bridgehead atoms. The number of H-pyrrole nitrogens is 1. The maximum Gasteiger partial charge on any atom is 0.186 e. The zero-order valence-corrected chi connectivity index (χ0v) is 21.5. The van der Waals surface area contributed by atoms with Crippen LogP contribution >= 0.6 is 23.2 Å². The average Bonchev–Trinajstić information content (AvgIpc) is 3.50. The van der Waals surface area contributed by atoms with Gasteiger partial charge in [-0.1, -0.05) is 71.7 Å². The Hall–Kier alpha value is -3.38. The van der Waals surface area contributed by atoms with E-state index >= 15 is 0 Å². The maximum absolute atomic E-state index is 13.9. The number of aromatic amines is 1. The van der Waals surface area contributed by atoms with E-state index in [9.17, 15) is 4.79 Å². The van der Waals surface area contributed by atoms with Crippen LogP contribution in [0.15, 0.2) is 85.3 Å². The molecule has 5 aromatic rings. The molecule has 5 rings (SSSR count). The van der Waals surface area contributed by atoms with Crippen molar-refractivity contribution in [2.45, 2.75) is 25.4 Å². The summed E-state index contributed by atoms with van der Waals surface area (Å²) in [7, 11) is 1.89. The maximum atomic E-state index is 13.9. The lowest BCUT2D eigenvalue weighted by molar-refractivity contribution is 0.0938. The number of hydrogen-bond acceptors (Lipinski definition) is 3. The number of aryl methyl sites for hydroxylation is 1. The highest BCUT2D eigenvalue weighted by molar-refractivity contribution is 6.35. The summed E-state index contributed by atoms with van der Waals surface area (Å²) in [6.07, 6.45) is 6.27. The Labute approximate surface area is 220 Å². The van der Waals surface area contributed by atoms with E-state index in [1.807, 2.05) is 74.0 Å². The monoisotopic (exact) mass is 516 g/mol. The molecule has 5 nitrogen and oxygen atoms in total. The van der Waals surface area contributed by atoms with Gasteiger partial charge in [0.15, 0.2) is 5.78 Å². The van der Waals surface area contributed by atoms with Crippen LogP contribution in [0.25, 0.3) is 22.0 Å². The number of carbonyl (C=O) groups excluding carboxylic acids is 1. The van der Waals surface area contributed by atoms with Crippen molar-refractivity contribution in [3.63, 3.8) is 0 Å². The number of aromatic nitrogens is 3. The first-order chi connectivity index (χ1) is 17.4. The lowest BCUT2D eigenvalue weighted by atomic mass is 9.95. The fourth-order valence-electron chi connectivity index (χ4n) is 4.56. The summed E-state index contributed by atoms with van der Waals surface area (Å²) < 4.78 is 1.78. The van der Waals surface area contributed by atoms with E-state index in [0.29, 0.717) is 22.0 Å². The first-order valence-corrected chi connectivity index (χ1v) is 12.5. The van der Waals surface area contributed by atoms with Crippen LogP contribution in [-0.4, -0.2) is 26.6 Å². The van der Waals surface area contributed by atoms with E-state index in [4.69, 9.17) is 23.2 Å². The number of hydrogen-bond donors (Lipinski definition) is 2. The fourth-order valence-corrected chi connectivity index (χ4v) is 5.05. The number of rotatable bonds is 8. The third-order valence-electron chi connectivity index (χ3n) is 6.37. The highest BCUT2D eigenvalue weighted by atomic mass is 35.5. The Morgan fingerprint density at radius 2 is 1.86 bits per heavy atom. The van der Waals surface area contributed by atoms with E-state index in [2.05, 4.69) is 28.4 Å². The van der Waals surface area contributed by atoms with Gasteiger partial charge in [-0.2, -0.15) is 5.10 Å². The molecule has 0 fully saturated rings. The summed E-state index contributed by atoms with van der Waals surface area (Å²) in [4.78, 5) is 17.2. The normalized spacial score (nSPS) is 13.1. The minimum Gasteiger partial charge on any atom is -0.360 e. The number of ketones is 1. The molecule has 3 aromatic carbocycles. The van der Waals surface area contributed by atoms with Crippen molar-refractivity contribution < 1.29 is 4.79 Å². The van der Waals surface area contributed by atoms with Gasteiger partial charge in [0.2, 0.25) is 0 Å². The van der Waals surface area contributed by atoms with E-state index in [0.717, 1.165) is 33.2 Å². The van der Waals surface area contributed by atoms with Gasteiger partial charge in [-0.15, -0.1) is 0 Å². The zero-order valence-electron chi connectivity index (χ0n) is 20.0. The van der Waals surface area contributed by atoms with Crippen LogP contribution < -0.4 is 5.32 Å². The van der Waals surface area contributed by atoms with Gasteiger partial charge in [-0.05, 0) is 48.2 Å². The molecule has 0 aliphatic heterocycles. The Morgan fingerprint density at radius 1 is 1.06 bits per heavy atom. The molecule has 1 unspecified atom stereocenters. The van der Waals surface area contributed by atoms with E-state index in [1.54, 1.807) is 16.9 Å². The van der Waals surface area contributed by atoms with Crippen LogP contribution in [-0.2, 0) is 13.5 Å². The number of fused-ring (bicyclic) bond motifs is 1. The van der Waals surface area contributed by atoms with Gasteiger partial charge in [-0.25, -0.2) is 0 Å². The summed E-state index contributed by atoms with van der Waals surface area (Å²) in [5.74, 6) is 0.00984. The number of carbonyl (C=O) groups is 1. The molecule has 0 saturated carbocycles. The van der Waals surface area contributed by atoms with Gasteiger partial charge < -0.3 is 10.3 Å². The second-order valence-corrected chi connectivity index (χ2v) is 9.92. The van der Waals surface area contributed by atoms with E-state index in [-0.39, 0.29) is 11.8 Å². The van der Waals surface area contributed by atoms with Crippen molar-refractivity contribution in [3.05, 3.63) is 112 Å². The second-order valence-electron chi connectivity index (χ2n) is 9.08. The Kier molecular flexibility index (Phi) is 6.97. The number of Topliss-reactive ketones (excluding diaryl/α,β-unsaturated/α-hetero) is 1. The third kappa shape index (κ3) is 5.09. The Balaban J connectivity index is 1.44. The van der Waals surface area contributed by atoms with Crippen molar-refractivity contribution in [1.29, 1.82) is 0 Å². The molecule has 2 atom stereocenters. The SMILES string of the molecule is CC(Cc1ccc(Cl)cc1Cl)N[C@H](C(=O)c1c[nH]c2cc(-c3cnn(C)c3)ccc12)c1ccccc1. The zero-order chi connectivity index (χ0) is 25.2. The Bertz CT molecular complexity index is 1520. The standard InChI is InChI=1S/C29H26Cl2N4O/c1-18(12-21-8-10-23(30)14-26(21)31)34-28(19-6-4-3-5-7-19)29(36)25-16-32-27-13-20(9-11-24(25)27)22-15-33-35(2)17-22/h3-11,13-18,28,32,34H,12H2,1-2H3/t18?,28-/m0/s1. The number of halogens is 2. The topological polar surface area (TPSA) is 62.7 Å². The predicted octanol–water partition coefficient (Wildman–Crippen LogP) is 7.02. The molecule has 2 aromatic heterocycles. The van der Waals surface area contributed by atoms with E-state index in [1.165, 1.54) is 0 Å². The van der Waals surface area contributed by atoms with Crippen LogP contribution in [0.2, 0.25) is 10.0 Å². The summed E-state index contributed by atoms with van der Waals surface area (Å²) in [6.45, 7) is 2.06. The van der Waals surface area contributed by atoms with Crippen LogP contribution in [0.3, 0.4) is 0 Å². The Morgan fingerprint density at radius 3 is 2.58 bits per heavy atom. The minimum absolute atomic E-state index is 0.00984. The predicted molar refractivity (Wildman–Crippen MR) is 147 cm³/mol. The van der Waals surface area contributed by atoms with Gasteiger partial charge in [0.1, 0.15) is 0 Å². The van der Waals surface area contributed by atoms with Crippen LogP contribution in [0.5, 0.6) is 0 Å². The van der Waals surface area contributed by atoms with Crippen molar-refractivity contribution in [1.82, 2.24) is 20.1 Å². The average molecular weight is 517 g/mol. The molecule has 0 amide bonds. The highest BCUT2D eigenvalue weighted by Gasteiger charge is 2.26. The quantitative estimate of drug-likeness (QED) is 0.218. The minimum atomic E-state index is -0.510. The third-order valence-corrected chi connectivity index (χ3v) is 6.96. The van der Waals surface area contributed by atoms with Crippen molar-refractivity contribution in [2.75, 3.05) is 0 Å². The van der Waals surface area contributed by atoms with Gasteiger partial charge in [-0.3, -0.25) is 9.48 Å². The summed E-state index contributed by atoms with van der Waals surface area (Å²) in [5.41, 5.74) is 5.53. The van der Waals surface area contributed by atoms with Crippen molar-refractivity contribution in [2.24, 2.45) is 7.05 Å². The molecule has 0 spiro atoms. The molecule has 36 heavy (non-hydrogen) atoms. The summed E-state index contributed by atoms with van der Waals surface area (Å²) in [6, 6.07) is 20.9. The van der Waals surface area contributed by atoms with Crippen molar-refractivity contribution >= 4 is 39.9 Å². The summed E-state index contributed by atoms with van der Waals surface area (Å²) >= 11 is 12.5.